The average molecular weight is 991 g/mol. The number of hydrogen-bond donors (Lipinski definition) is 2. The Morgan fingerprint density at radius 2 is 0.889 bits per heavy atom. The van der Waals surface area contributed by atoms with Crippen LogP contribution in [0.25, 0.3) is 11.0 Å². The third-order valence-corrected chi connectivity index (χ3v) is 11.5. The van der Waals surface area contributed by atoms with Crippen LogP contribution in [0.4, 0.5) is 11.4 Å². The molecule has 18 heteroatoms. The van der Waals surface area contributed by atoms with Crippen molar-refractivity contribution in [2.75, 3.05) is 51.1 Å². The Labute approximate surface area is 458 Å². The van der Waals surface area contributed by atoms with Crippen molar-refractivity contribution in [3.63, 3.8) is 0 Å². The normalized spacial score (nSPS) is 10.9. The quantitative estimate of drug-likeness (QED) is 0.0367. The molecule has 4 heterocycles. The largest absolute Gasteiger partial charge is 1.00 e. The van der Waals surface area contributed by atoms with Gasteiger partial charge in [-0.2, -0.15) is 0 Å². The topological polar surface area (TPSA) is 231 Å². The van der Waals surface area contributed by atoms with E-state index in [4.69, 9.17) is 39.9 Å². The van der Waals surface area contributed by atoms with Gasteiger partial charge in [-0.05, 0) is 110 Å². The van der Waals surface area contributed by atoms with Gasteiger partial charge in [-0.3, -0.25) is 9.59 Å². The molecule has 8 aromatic rings. The van der Waals surface area contributed by atoms with Gasteiger partial charge in [-0.1, -0.05) is 36.4 Å². The van der Waals surface area contributed by atoms with Crippen LogP contribution in [-0.4, -0.2) is 71.9 Å². The van der Waals surface area contributed by atoms with Crippen molar-refractivity contribution >= 4 is 45.9 Å². The van der Waals surface area contributed by atoms with Crippen molar-refractivity contribution < 1.29 is 117 Å². The second-order valence-electron chi connectivity index (χ2n) is 16.1. The van der Waals surface area contributed by atoms with E-state index in [-0.39, 0.29) is 118 Å². The Morgan fingerprint density at radius 1 is 0.486 bits per heavy atom. The summed E-state index contributed by atoms with van der Waals surface area (Å²) < 4.78 is 39.3. The standard InChI is InChI=1S/C54H50N4O12.2Na/c1-33-47(49(59)37-15-17-43(55)41(29-37)53(61)62)57-19-5-3-13-45(57)51(33)69-31-35-9-7-11-39(27-35)67-25-23-65-21-22-66-24-26-68-40-12-8-10-36(28-40)32-70-52-34(2)48(58-20-6-4-14-46(52)58)50(60)38-16-18-44(56)42(30-38)54(63)64;;/h3-20,27-30H,21-26,31-32,55-56H2,1-2H3,(H,61,62)(H,63,64);;/q;2*+1/p-2. The maximum Gasteiger partial charge on any atom is 1.00 e. The van der Waals surface area contributed by atoms with Crippen LogP contribution in [-0.2, 0) is 22.7 Å². The third-order valence-electron chi connectivity index (χ3n) is 11.5. The zero-order chi connectivity index (χ0) is 49.3. The fourth-order valence-corrected chi connectivity index (χ4v) is 8.07. The molecule has 0 aliphatic heterocycles. The molecule has 358 valence electrons. The van der Waals surface area contributed by atoms with E-state index in [1.807, 2.05) is 72.8 Å². The number of aromatic carboxylic acids is 2. The van der Waals surface area contributed by atoms with Gasteiger partial charge < -0.3 is 68.5 Å². The summed E-state index contributed by atoms with van der Waals surface area (Å²) >= 11 is 0. The van der Waals surface area contributed by atoms with E-state index in [9.17, 15) is 29.4 Å². The molecule has 16 nitrogen and oxygen atoms in total. The van der Waals surface area contributed by atoms with Gasteiger partial charge in [0.1, 0.15) is 60.8 Å². The van der Waals surface area contributed by atoms with E-state index in [1.165, 1.54) is 36.4 Å². The molecule has 4 aromatic carbocycles. The van der Waals surface area contributed by atoms with Crippen LogP contribution in [0.15, 0.2) is 134 Å². The molecule has 4 aromatic heterocycles. The molecule has 0 bridgehead atoms. The summed E-state index contributed by atoms with van der Waals surface area (Å²) in [5, 5.41) is 23.2. The van der Waals surface area contributed by atoms with Crippen molar-refractivity contribution in [2.45, 2.75) is 27.1 Å². The number of rotatable bonds is 23. The van der Waals surface area contributed by atoms with Gasteiger partial charge in [0.15, 0.2) is 0 Å². The second kappa shape index (κ2) is 25.2. The van der Waals surface area contributed by atoms with Crippen LogP contribution in [0, 0.1) is 13.8 Å². The summed E-state index contributed by atoms with van der Waals surface area (Å²) in [6, 6.07) is 34.1. The second-order valence-corrected chi connectivity index (χ2v) is 16.1. The van der Waals surface area contributed by atoms with Crippen LogP contribution in [0.5, 0.6) is 23.0 Å². The first-order valence-electron chi connectivity index (χ1n) is 22.2. The molecule has 0 aliphatic carbocycles. The van der Waals surface area contributed by atoms with Crippen LogP contribution in [0.1, 0.15) is 75.1 Å². The number of hydrogen-bond acceptors (Lipinski definition) is 14. The van der Waals surface area contributed by atoms with Gasteiger partial charge in [0, 0.05) is 57.1 Å². The number of nitrogens with two attached hydrogens (primary N) is 2. The van der Waals surface area contributed by atoms with Gasteiger partial charge in [-0.15, -0.1) is 0 Å². The van der Waals surface area contributed by atoms with Gasteiger partial charge in [0.2, 0.25) is 11.6 Å². The van der Waals surface area contributed by atoms with Crippen molar-refractivity contribution in [3.05, 3.63) is 190 Å². The molecule has 8 rings (SSSR count). The number of aromatic nitrogens is 2. The minimum Gasteiger partial charge on any atom is -0.545 e. The number of pyridine rings is 2. The first kappa shape index (κ1) is 54.7. The molecule has 0 saturated heterocycles. The van der Waals surface area contributed by atoms with E-state index in [0.717, 1.165) is 11.1 Å². The number of fused-ring (bicyclic) bond motifs is 2. The van der Waals surface area contributed by atoms with Crippen molar-refractivity contribution in [2.24, 2.45) is 0 Å². The molecule has 0 spiro atoms. The van der Waals surface area contributed by atoms with Crippen molar-refractivity contribution in [1.82, 2.24) is 8.80 Å². The number of carbonyl (C=O) groups excluding carboxylic acids is 4. The number of ketones is 2. The Kier molecular flexibility index (Phi) is 19.1. The van der Waals surface area contributed by atoms with Gasteiger partial charge >= 0.3 is 59.1 Å². The molecular weight excluding hydrogens is 943 g/mol. The van der Waals surface area contributed by atoms with E-state index in [2.05, 4.69) is 0 Å². The summed E-state index contributed by atoms with van der Waals surface area (Å²) in [5.41, 5.74) is 16.3. The predicted molar refractivity (Wildman–Crippen MR) is 256 cm³/mol. The number of carbonyl (C=O) groups is 4. The first-order chi connectivity index (χ1) is 33.9. The fraction of sp³-hybridized carbons (Fsp3) is 0.185. The van der Waals surface area contributed by atoms with Crippen molar-refractivity contribution in [1.29, 1.82) is 0 Å². The summed E-state index contributed by atoms with van der Waals surface area (Å²) in [5.74, 6) is -1.40. The average Bonchev–Trinajstić information content (AvgIpc) is 3.81. The minimum absolute atomic E-state index is 0. The monoisotopic (exact) mass is 990 g/mol. The Balaban J connectivity index is 0.00000423. The van der Waals surface area contributed by atoms with Crippen LogP contribution < -0.4 is 99.7 Å². The Hall–Kier alpha value is -6.60. The van der Waals surface area contributed by atoms with E-state index >= 15 is 0 Å². The Morgan fingerprint density at radius 3 is 1.29 bits per heavy atom. The van der Waals surface area contributed by atoms with E-state index in [0.29, 0.717) is 96.2 Å². The fourth-order valence-electron chi connectivity index (χ4n) is 8.07. The van der Waals surface area contributed by atoms with E-state index < -0.39 is 11.9 Å². The Bertz CT molecular complexity index is 3040. The maximum absolute atomic E-state index is 13.7. The number of ether oxygens (including phenoxy) is 6. The third kappa shape index (κ3) is 12.5. The maximum atomic E-state index is 13.7. The van der Waals surface area contributed by atoms with Crippen LogP contribution in [0.2, 0.25) is 0 Å². The van der Waals surface area contributed by atoms with Crippen LogP contribution >= 0.6 is 0 Å². The SMILES string of the molecule is Cc1c(OCc2cccc(OCCOCCOCCOc3cccc(COc4c(C)c(C(=O)c5ccc(N)c(C(=O)[O-])c5)n5ccccc45)c3)c2)c2ccccn2c1C(=O)c1ccc(N)c(C(=O)[O-])c1.[Na+].[Na+]. The number of anilines is 2. The molecule has 0 aliphatic rings. The summed E-state index contributed by atoms with van der Waals surface area (Å²) in [6.07, 6.45) is 3.50. The summed E-state index contributed by atoms with van der Waals surface area (Å²) in [4.78, 5) is 50.6. The zero-order valence-corrected chi connectivity index (χ0v) is 44.3. The molecular formula is C54H48N4Na2O12. The predicted octanol–water partition coefficient (Wildman–Crippen LogP) is -0.181. The van der Waals surface area contributed by atoms with Gasteiger partial charge in [0.25, 0.3) is 0 Å². The van der Waals surface area contributed by atoms with Gasteiger partial charge in [-0.25, -0.2) is 0 Å². The zero-order valence-electron chi connectivity index (χ0n) is 40.3. The molecule has 0 unspecified atom stereocenters. The molecule has 0 radical (unpaired) electrons. The number of carboxylic acid groups (broad SMARTS) is 2. The smallest absolute Gasteiger partial charge is 0.545 e. The molecule has 0 amide bonds. The van der Waals surface area contributed by atoms with Gasteiger partial charge in [0.05, 0.1) is 49.4 Å². The first-order valence-corrected chi connectivity index (χ1v) is 22.2. The number of carboxylic acids is 2. The van der Waals surface area contributed by atoms with E-state index in [1.54, 1.807) is 47.2 Å². The van der Waals surface area contributed by atoms with Crippen molar-refractivity contribution in [3.8, 4) is 23.0 Å². The molecule has 0 saturated carbocycles. The molecule has 72 heavy (non-hydrogen) atoms. The number of nitrogens with zero attached hydrogens (tertiary/aromatic N) is 2. The molecule has 4 N–H and O–H groups in total. The van der Waals surface area contributed by atoms with Crippen LogP contribution in [0.3, 0.4) is 0 Å². The molecule has 0 atom stereocenters. The molecule has 0 fully saturated rings. The number of nitrogen functional groups attached to an aromatic ring is 2. The summed E-state index contributed by atoms with van der Waals surface area (Å²) in [6.45, 7) is 5.97. The minimum atomic E-state index is -1.47. The summed E-state index contributed by atoms with van der Waals surface area (Å²) in [7, 11) is 0. The number of benzene rings is 4.